The van der Waals surface area contributed by atoms with Gasteiger partial charge in [0, 0.05) is 26.1 Å². The van der Waals surface area contributed by atoms with Gasteiger partial charge >= 0.3 is 0 Å². The number of carbonyl (C=O) groups is 1. The van der Waals surface area contributed by atoms with E-state index in [1.165, 1.54) is 6.39 Å². The lowest BCUT2D eigenvalue weighted by molar-refractivity contribution is -0.120. The van der Waals surface area contributed by atoms with Crippen LogP contribution < -0.4 is 5.32 Å². The topological polar surface area (TPSA) is 58.4 Å². The summed E-state index contributed by atoms with van der Waals surface area (Å²) < 4.78 is 4.94. The Morgan fingerprint density at radius 2 is 2.62 bits per heavy atom. The number of piperidine rings is 1. The first-order valence-corrected chi connectivity index (χ1v) is 5.60. The highest BCUT2D eigenvalue weighted by molar-refractivity contribution is 5.73. The molecule has 0 aromatic carbocycles. The highest BCUT2D eigenvalue weighted by atomic mass is 16.3. The second kappa shape index (κ2) is 5.12. The minimum atomic E-state index is 0.0493. The average Bonchev–Trinajstić information content (AvgIpc) is 2.70. The van der Waals surface area contributed by atoms with Crippen LogP contribution in [0.15, 0.2) is 17.1 Å². The summed E-state index contributed by atoms with van der Waals surface area (Å²) in [6.07, 6.45) is 5.30. The molecule has 1 saturated heterocycles. The first-order chi connectivity index (χ1) is 7.74. The van der Waals surface area contributed by atoms with Gasteiger partial charge in [-0.05, 0) is 19.4 Å². The quantitative estimate of drug-likeness (QED) is 0.822. The molecule has 1 fully saturated rings. The molecule has 5 heteroatoms. The number of rotatable bonds is 3. The lowest BCUT2D eigenvalue weighted by Gasteiger charge is -2.32. The number of likely N-dealkylation sites (tertiary alicyclic amines) is 1. The van der Waals surface area contributed by atoms with Gasteiger partial charge in [-0.25, -0.2) is 4.98 Å². The van der Waals surface area contributed by atoms with Gasteiger partial charge in [-0.1, -0.05) is 0 Å². The van der Waals surface area contributed by atoms with Gasteiger partial charge in [-0.3, -0.25) is 9.69 Å². The third-order valence-electron chi connectivity index (χ3n) is 2.78. The normalized spacial score (nSPS) is 21.9. The van der Waals surface area contributed by atoms with Crippen molar-refractivity contribution in [2.75, 3.05) is 13.1 Å². The molecular weight excluding hydrogens is 206 g/mol. The Bertz CT molecular complexity index is 337. The lowest BCUT2D eigenvalue weighted by Crippen LogP contribution is -2.46. The fourth-order valence-electron chi connectivity index (χ4n) is 2.15. The van der Waals surface area contributed by atoms with E-state index in [0.29, 0.717) is 0 Å². The van der Waals surface area contributed by atoms with E-state index >= 15 is 0 Å². The SMILES string of the molecule is CC(=O)NC1CCCN(Cc2cocn2)C1. The summed E-state index contributed by atoms with van der Waals surface area (Å²) in [6, 6.07) is 0.276. The van der Waals surface area contributed by atoms with E-state index in [1.807, 2.05) is 0 Å². The molecule has 0 spiro atoms. The molecule has 1 amide bonds. The van der Waals surface area contributed by atoms with Crippen LogP contribution in [0.25, 0.3) is 0 Å². The van der Waals surface area contributed by atoms with E-state index in [9.17, 15) is 4.79 Å². The zero-order chi connectivity index (χ0) is 11.4. The van der Waals surface area contributed by atoms with Crippen molar-refractivity contribution in [3.8, 4) is 0 Å². The summed E-state index contributed by atoms with van der Waals surface area (Å²) in [5, 5.41) is 2.97. The first kappa shape index (κ1) is 11.1. The number of carbonyl (C=O) groups excluding carboxylic acids is 1. The predicted molar refractivity (Wildman–Crippen MR) is 58.6 cm³/mol. The van der Waals surface area contributed by atoms with Crippen molar-refractivity contribution >= 4 is 5.91 Å². The molecule has 1 aromatic heterocycles. The Labute approximate surface area is 94.8 Å². The van der Waals surface area contributed by atoms with Crippen molar-refractivity contribution in [3.05, 3.63) is 18.4 Å². The van der Waals surface area contributed by atoms with Gasteiger partial charge in [0.2, 0.25) is 5.91 Å². The molecule has 1 atom stereocenters. The standard InChI is InChI=1S/C11H17N3O2/c1-9(15)13-10-3-2-4-14(5-10)6-11-7-16-8-12-11/h7-8,10H,2-6H2,1H3,(H,13,15). The van der Waals surface area contributed by atoms with Crippen LogP contribution in [-0.4, -0.2) is 34.9 Å². The number of nitrogens with zero attached hydrogens (tertiary/aromatic N) is 2. The van der Waals surface area contributed by atoms with Gasteiger partial charge in [0.05, 0.1) is 5.69 Å². The third kappa shape index (κ3) is 3.06. The van der Waals surface area contributed by atoms with Crippen molar-refractivity contribution in [3.63, 3.8) is 0 Å². The van der Waals surface area contributed by atoms with Crippen molar-refractivity contribution in [2.24, 2.45) is 0 Å². The van der Waals surface area contributed by atoms with Crippen LogP contribution in [-0.2, 0) is 11.3 Å². The monoisotopic (exact) mass is 223 g/mol. The summed E-state index contributed by atoms with van der Waals surface area (Å²) in [7, 11) is 0. The zero-order valence-corrected chi connectivity index (χ0v) is 9.48. The highest BCUT2D eigenvalue weighted by Gasteiger charge is 2.20. The minimum Gasteiger partial charge on any atom is -0.451 e. The first-order valence-electron chi connectivity index (χ1n) is 5.60. The number of hydrogen-bond acceptors (Lipinski definition) is 4. The Morgan fingerprint density at radius 1 is 1.75 bits per heavy atom. The van der Waals surface area contributed by atoms with Crippen molar-refractivity contribution in [2.45, 2.75) is 32.4 Å². The molecule has 0 radical (unpaired) electrons. The van der Waals surface area contributed by atoms with Crippen molar-refractivity contribution < 1.29 is 9.21 Å². The molecule has 0 bridgehead atoms. The molecular formula is C11H17N3O2. The van der Waals surface area contributed by atoms with Gasteiger partial charge in [-0.15, -0.1) is 0 Å². The fourth-order valence-corrected chi connectivity index (χ4v) is 2.15. The Kier molecular flexibility index (Phi) is 3.56. The maximum atomic E-state index is 11.0. The second-order valence-corrected chi connectivity index (χ2v) is 4.25. The van der Waals surface area contributed by atoms with E-state index in [-0.39, 0.29) is 11.9 Å². The Morgan fingerprint density at radius 3 is 3.31 bits per heavy atom. The van der Waals surface area contributed by atoms with Crippen LogP contribution in [0.2, 0.25) is 0 Å². The van der Waals surface area contributed by atoms with Gasteiger partial charge < -0.3 is 9.73 Å². The average molecular weight is 223 g/mol. The maximum absolute atomic E-state index is 11.0. The van der Waals surface area contributed by atoms with Crippen molar-refractivity contribution in [1.29, 1.82) is 0 Å². The minimum absolute atomic E-state index is 0.0493. The Balaban J connectivity index is 1.84. The van der Waals surface area contributed by atoms with Gasteiger partial charge in [0.25, 0.3) is 0 Å². The summed E-state index contributed by atoms with van der Waals surface area (Å²) in [5.41, 5.74) is 0.948. The number of nitrogens with one attached hydrogen (secondary N) is 1. The molecule has 0 saturated carbocycles. The van der Waals surface area contributed by atoms with Crippen LogP contribution in [0.1, 0.15) is 25.5 Å². The molecule has 2 heterocycles. The fraction of sp³-hybridized carbons (Fsp3) is 0.636. The summed E-state index contributed by atoms with van der Waals surface area (Å²) >= 11 is 0. The van der Waals surface area contributed by atoms with E-state index in [1.54, 1.807) is 13.2 Å². The molecule has 0 aliphatic carbocycles. The van der Waals surface area contributed by atoms with Crippen molar-refractivity contribution in [1.82, 2.24) is 15.2 Å². The van der Waals surface area contributed by atoms with E-state index in [0.717, 1.165) is 38.2 Å². The van der Waals surface area contributed by atoms with Crippen LogP contribution >= 0.6 is 0 Å². The predicted octanol–water partition coefficient (Wildman–Crippen LogP) is 0.775. The van der Waals surface area contributed by atoms with Crippen LogP contribution in [0.3, 0.4) is 0 Å². The largest absolute Gasteiger partial charge is 0.451 e. The zero-order valence-electron chi connectivity index (χ0n) is 9.48. The molecule has 88 valence electrons. The lowest BCUT2D eigenvalue weighted by atomic mass is 10.1. The van der Waals surface area contributed by atoms with Crippen LogP contribution in [0.5, 0.6) is 0 Å². The molecule has 2 rings (SSSR count). The molecule has 1 N–H and O–H groups in total. The number of hydrogen-bond donors (Lipinski definition) is 1. The van der Waals surface area contributed by atoms with Gasteiger partial charge in [-0.2, -0.15) is 0 Å². The van der Waals surface area contributed by atoms with Crippen LogP contribution in [0, 0.1) is 0 Å². The summed E-state index contributed by atoms with van der Waals surface area (Å²) in [5.74, 6) is 0.0493. The van der Waals surface area contributed by atoms with E-state index in [2.05, 4.69) is 15.2 Å². The van der Waals surface area contributed by atoms with Gasteiger partial charge in [0.1, 0.15) is 6.26 Å². The molecule has 5 nitrogen and oxygen atoms in total. The molecule has 1 unspecified atom stereocenters. The van der Waals surface area contributed by atoms with E-state index < -0.39 is 0 Å². The molecule has 16 heavy (non-hydrogen) atoms. The smallest absolute Gasteiger partial charge is 0.217 e. The number of oxazole rings is 1. The highest BCUT2D eigenvalue weighted by Crippen LogP contribution is 2.12. The van der Waals surface area contributed by atoms with Crippen LogP contribution in [0.4, 0.5) is 0 Å². The number of amides is 1. The second-order valence-electron chi connectivity index (χ2n) is 4.25. The molecule has 1 aliphatic heterocycles. The van der Waals surface area contributed by atoms with Gasteiger partial charge in [0.15, 0.2) is 6.39 Å². The maximum Gasteiger partial charge on any atom is 0.217 e. The third-order valence-corrected chi connectivity index (χ3v) is 2.78. The summed E-state index contributed by atoms with van der Waals surface area (Å²) in [4.78, 5) is 17.4. The Hall–Kier alpha value is -1.36. The summed E-state index contributed by atoms with van der Waals surface area (Å²) in [6.45, 7) is 4.32. The van der Waals surface area contributed by atoms with E-state index in [4.69, 9.17) is 4.42 Å². The molecule has 1 aromatic rings. The number of aromatic nitrogens is 1. The molecule has 1 aliphatic rings.